The number of benzene rings is 2. The summed E-state index contributed by atoms with van der Waals surface area (Å²) in [6.07, 6.45) is 0.00655. The summed E-state index contributed by atoms with van der Waals surface area (Å²) in [4.78, 5) is 35.1. The second-order valence-electron chi connectivity index (χ2n) is 6.34. The van der Waals surface area contributed by atoms with Gasteiger partial charge in [-0.15, -0.1) is 11.8 Å². The summed E-state index contributed by atoms with van der Waals surface area (Å²) in [5.41, 5.74) is 1.52. The molecule has 0 bridgehead atoms. The molecule has 0 aliphatic carbocycles. The number of carboxylic acids is 1. The molecule has 2 rings (SSSR count). The number of carboxylic acid groups (broad SMARTS) is 1. The third-order valence-corrected chi connectivity index (χ3v) is 4.92. The number of hydrogen-bond donors (Lipinski definition) is 3. The van der Waals surface area contributed by atoms with Crippen molar-refractivity contribution in [3.05, 3.63) is 54.1 Å². The van der Waals surface area contributed by atoms with E-state index in [2.05, 4.69) is 10.6 Å². The van der Waals surface area contributed by atoms with E-state index in [9.17, 15) is 14.4 Å². The van der Waals surface area contributed by atoms with Gasteiger partial charge >= 0.3 is 5.97 Å². The van der Waals surface area contributed by atoms with Gasteiger partial charge in [-0.1, -0.05) is 30.3 Å². The number of hydrogen-bond acceptors (Lipinski definition) is 5. The van der Waals surface area contributed by atoms with Crippen LogP contribution in [0.3, 0.4) is 0 Å². The summed E-state index contributed by atoms with van der Waals surface area (Å²) in [6.45, 7) is 3.31. The largest absolute Gasteiger partial charge is 0.489 e. The van der Waals surface area contributed by atoms with Crippen LogP contribution in [0.4, 0.5) is 5.69 Å². The zero-order chi connectivity index (χ0) is 21.2. The van der Waals surface area contributed by atoms with Crippen LogP contribution < -0.4 is 15.4 Å². The van der Waals surface area contributed by atoms with E-state index in [4.69, 9.17) is 9.84 Å². The SMILES string of the molecule is CC(=O)N[C@@H](C)C(=O)Nc1cc(OCc2ccccc2)ccc1SCCC(=O)O. The number of carbonyl (C=O) groups is 3. The fourth-order valence-corrected chi connectivity index (χ4v) is 3.35. The molecule has 2 aromatic rings. The summed E-state index contributed by atoms with van der Waals surface area (Å²) >= 11 is 1.33. The minimum Gasteiger partial charge on any atom is -0.489 e. The number of ether oxygens (including phenoxy) is 1. The summed E-state index contributed by atoms with van der Waals surface area (Å²) < 4.78 is 5.81. The second kappa shape index (κ2) is 11.1. The Kier molecular flexibility index (Phi) is 8.54. The monoisotopic (exact) mass is 416 g/mol. The lowest BCUT2D eigenvalue weighted by Gasteiger charge is -2.16. The van der Waals surface area contributed by atoms with E-state index in [1.165, 1.54) is 18.7 Å². The maximum Gasteiger partial charge on any atom is 0.304 e. The van der Waals surface area contributed by atoms with E-state index in [-0.39, 0.29) is 18.2 Å². The molecule has 0 saturated heterocycles. The molecule has 2 amide bonds. The van der Waals surface area contributed by atoms with Crippen LogP contribution in [0.15, 0.2) is 53.4 Å². The molecule has 0 fully saturated rings. The lowest BCUT2D eigenvalue weighted by Crippen LogP contribution is -2.40. The number of anilines is 1. The van der Waals surface area contributed by atoms with Crippen molar-refractivity contribution in [1.29, 1.82) is 0 Å². The van der Waals surface area contributed by atoms with Crippen molar-refractivity contribution < 1.29 is 24.2 Å². The van der Waals surface area contributed by atoms with Gasteiger partial charge in [0.15, 0.2) is 0 Å². The van der Waals surface area contributed by atoms with Gasteiger partial charge in [-0.25, -0.2) is 0 Å². The van der Waals surface area contributed by atoms with Gasteiger partial charge in [0.1, 0.15) is 18.4 Å². The Morgan fingerprint density at radius 2 is 1.86 bits per heavy atom. The maximum absolute atomic E-state index is 12.4. The average Bonchev–Trinajstić information content (AvgIpc) is 2.67. The molecule has 1 atom stereocenters. The number of rotatable bonds is 10. The first-order valence-electron chi connectivity index (χ1n) is 9.08. The molecule has 154 valence electrons. The summed E-state index contributed by atoms with van der Waals surface area (Å²) in [5, 5.41) is 14.2. The van der Waals surface area contributed by atoms with E-state index in [0.29, 0.717) is 23.8 Å². The Morgan fingerprint density at radius 1 is 1.14 bits per heavy atom. The molecule has 0 heterocycles. The third kappa shape index (κ3) is 7.87. The Labute approximate surface area is 173 Å². The molecule has 0 aromatic heterocycles. The topological polar surface area (TPSA) is 105 Å². The molecule has 0 aliphatic rings. The Bertz CT molecular complexity index is 857. The van der Waals surface area contributed by atoms with Gasteiger partial charge < -0.3 is 20.5 Å². The highest BCUT2D eigenvalue weighted by Crippen LogP contribution is 2.32. The number of amides is 2. The summed E-state index contributed by atoms with van der Waals surface area (Å²) in [7, 11) is 0. The van der Waals surface area contributed by atoms with Gasteiger partial charge in [-0.2, -0.15) is 0 Å². The highest BCUT2D eigenvalue weighted by Gasteiger charge is 2.16. The smallest absolute Gasteiger partial charge is 0.304 e. The molecular formula is C21H24N2O5S. The van der Waals surface area contributed by atoms with Gasteiger partial charge in [0.2, 0.25) is 11.8 Å². The summed E-state index contributed by atoms with van der Waals surface area (Å²) in [6, 6.07) is 14.2. The van der Waals surface area contributed by atoms with Crippen molar-refractivity contribution in [3.8, 4) is 5.75 Å². The first kappa shape index (κ1) is 22.3. The van der Waals surface area contributed by atoms with E-state index >= 15 is 0 Å². The normalized spacial score (nSPS) is 11.4. The maximum atomic E-state index is 12.4. The first-order chi connectivity index (χ1) is 13.8. The molecule has 2 aromatic carbocycles. The Balaban J connectivity index is 2.13. The summed E-state index contributed by atoms with van der Waals surface area (Å²) in [5.74, 6) is -0.628. The van der Waals surface area contributed by atoms with Crippen LogP contribution >= 0.6 is 11.8 Å². The average molecular weight is 416 g/mol. The van der Waals surface area contributed by atoms with Crippen LogP contribution in [0.25, 0.3) is 0 Å². The standard InChI is InChI=1S/C21H24N2O5S/c1-14(22-15(2)24)21(27)23-18-12-17(28-13-16-6-4-3-5-7-16)8-9-19(18)29-11-10-20(25)26/h3-9,12,14H,10-11,13H2,1-2H3,(H,22,24)(H,23,27)(H,25,26)/t14-/m0/s1. The molecule has 0 radical (unpaired) electrons. The van der Waals surface area contributed by atoms with Gasteiger partial charge in [-0.3, -0.25) is 14.4 Å². The van der Waals surface area contributed by atoms with Crippen molar-refractivity contribution in [2.24, 2.45) is 0 Å². The van der Waals surface area contributed by atoms with Crippen molar-refractivity contribution in [1.82, 2.24) is 5.32 Å². The van der Waals surface area contributed by atoms with E-state index in [1.54, 1.807) is 25.1 Å². The first-order valence-corrected chi connectivity index (χ1v) is 10.1. The quantitative estimate of drug-likeness (QED) is 0.514. The zero-order valence-electron chi connectivity index (χ0n) is 16.3. The number of carbonyl (C=O) groups excluding carboxylic acids is 2. The molecule has 0 spiro atoms. The fourth-order valence-electron chi connectivity index (χ4n) is 2.42. The van der Waals surface area contributed by atoms with E-state index in [0.717, 1.165) is 10.5 Å². The lowest BCUT2D eigenvalue weighted by atomic mass is 10.2. The molecule has 7 nitrogen and oxygen atoms in total. The molecule has 0 saturated carbocycles. The third-order valence-electron chi connectivity index (χ3n) is 3.84. The number of aliphatic carboxylic acids is 1. The molecule has 3 N–H and O–H groups in total. The highest BCUT2D eigenvalue weighted by molar-refractivity contribution is 7.99. The predicted molar refractivity (Wildman–Crippen MR) is 112 cm³/mol. The molecule has 29 heavy (non-hydrogen) atoms. The van der Waals surface area contributed by atoms with Gasteiger partial charge in [-0.05, 0) is 24.6 Å². The molecule has 0 aliphatic heterocycles. The zero-order valence-corrected chi connectivity index (χ0v) is 17.1. The van der Waals surface area contributed by atoms with Crippen LogP contribution in [0.2, 0.25) is 0 Å². The van der Waals surface area contributed by atoms with Crippen LogP contribution in [0.5, 0.6) is 5.75 Å². The van der Waals surface area contributed by atoms with Crippen molar-refractivity contribution in [2.75, 3.05) is 11.1 Å². The number of nitrogens with one attached hydrogen (secondary N) is 2. The van der Waals surface area contributed by atoms with Gasteiger partial charge in [0.05, 0.1) is 12.1 Å². The highest BCUT2D eigenvalue weighted by atomic mass is 32.2. The fraction of sp³-hybridized carbons (Fsp3) is 0.286. The molecule has 0 unspecified atom stereocenters. The predicted octanol–water partition coefficient (Wildman–Crippen LogP) is 3.30. The lowest BCUT2D eigenvalue weighted by molar-refractivity contribution is -0.136. The van der Waals surface area contributed by atoms with Crippen LogP contribution in [0, 0.1) is 0 Å². The van der Waals surface area contributed by atoms with Gasteiger partial charge in [0.25, 0.3) is 0 Å². The molecule has 8 heteroatoms. The van der Waals surface area contributed by atoms with Gasteiger partial charge in [0, 0.05) is 23.6 Å². The second-order valence-corrected chi connectivity index (χ2v) is 7.47. The van der Waals surface area contributed by atoms with E-state index < -0.39 is 12.0 Å². The van der Waals surface area contributed by atoms with Crippen molar-refractivity contribution in [2.45, 2.75) is 37.8 Å². The Hall–Kier alpha value is -3.00. The van der Waals surface area contributed by atoms with Crippen LogP contribution in [-0.2, 0) is 21.0 Å². The van der Waals surface area contributed by atoms with Crippen LogP contribution in [0.1, 0.15) is 25.8 Å². The van der Waals surface area contributed by atoms with Crippen LogP contribution in [-0.4, -0.2) is 34.7 Å². The number of thioether (sulfide) groups is 1. The minimum atomic E-state index is -0.884. The van der Waals surface area contributed by atoms with Crippen molar-refractivity contribution in [3.63, 3.8) is 0 Å². The van der Waals surface area contributed by atoms with E-state index in [1.807, 2.05) is 30.3 Å². The Morgan fingerprint density at radius 3 is 2.52 bits per heavy atom. The van der Waals surface area contributed by atoms with Crippen molar-refractivity contribution >= 4 is 35.2 Å². The minimum absolute atomic E-state index is 0.00655. The molecular weight excluding hydrogens is 392 g/mol.